The smallest absolute Gasteiger partial charge is 0.416 e. The molecule has 0 fully saturated rings. The summed E-state index contributed by atoms with van der Waals surface area (Å²) in [7, 11) is 0. The van der Waals surface area contributed by atoms with Crippen LogP contribution >= 0.6 is 0 Å². The Hall–Kier alpha value is -1.58. The number of nitrogens with zero attached hydrogens (tertiary/aromatic N) is 2. The quantitative estimate of drug-likeness (QED) is 0.708. The summed E-state index contributed by atoms with van der Waals surface area (Å²) in [5.41, 5.74) is 0.523. The normalized spacial score (nSPS) is 17.5. The zero-order valence-electron chi connectivity index (χ0n) is 11.7. The van der Waals surface area contributed by atoms with Crippen LogP contribution in [0.25, 0.3) is 0 Å². The molecule has 0 spiro atoms. The molecule has 0 saturated carbocycles. The Balaban J connectivity index is 2.31. The van der Waals surface area contributed by atoms with Crippen molar-refractivity contribution in [3.8, 4) is 0 Å². The zero-order valence-corrected chi connectivity index (χ0v) is 11.7. The van der Waals surface area contributed by atoms with Crippen molar-refractivity contribution in [1.29, 1.82) is 0 Å². The molecule has 1 aromatic heterocycles. The summed E-state index contributed by atoms with van der Waals surface area (Å²) >= 11 is 0. The summed E-state index contributed by atoms with van der Waals surface area (Å²) in [6.45, 7) is 10.4. The molecule has 0 aromatic carbocycles. The fourth-order valence-electron chi connectivity index (χ4n) is 2.16. The van der Waals surface area contributed by atoms with E-state index in [1.165, 1.54) is 0 Å². The molecule has 0 N–H and O–H groups in total. The van der Waals surface area contributed by atoms with Crippen molar-refractivity contribution in [2.24, 2.45) is 0 Å². The van der Waals surface area contributed by atoms with Crippen LogP contribution in [-0.2, 0) is 10.2 Å². The van der Waals surface area contributed by atoms with E-state index < -0.39 is 5.60 Å². The van der Waals surface area contributed by atoms with Gasteiger partial charge in [0.05, 0.1) is 0 Å². The highest BCUT2D eigenvalue weighted by molar-refractivity contribution is 5.90. The molecule has 1 aromatic rings. The lowest BCUT2D eigenvalue weighted by atomic mass is 9.88. The first kappa shape index (κ1) is 12.9. The molecule has 0 atom stereocenters. The van der Waals surface area contributed by atoms with Crippen molar-refractivity contribution < 1.29 is 9.53 Å². The van der Waals surface area contributed by atoms with Crippen LogP contribution in [0, 0.1) is 0 Å². The topological polar surface area (TPSA) is 42.4 Å². The van der Waals surface area contributed by atoms with Crippen molar-refractivity contribution in [3.05, 3.63) is 23.9 Å². The monoisotopic (exact) mass is 248 g/mol. The van der Waals surface area contributed by atoms with Gasteiger partial charge in [-0.25, -0.2) is 9.78 Å². The first-order valence-electron chi connectivity index (χ1n) is 6.17. The number of carbonyl (C=O) groups excluding carboxylic acids is 1. The lowest BCUT2D eigenvalue weighted by Crippen LogP contribution is -2.38. The zero-order chi connectivity index (χ0) is 13.6. The number of hydrogen-bond acceptors (Lipinski definition) is 3. The molecular formula is C14H20N2O2. The van der Waals surface area contributed by atoms with Crippen molar-refractivity contribution in [3.63, 3.8) is 0 Å². The van der Waals surface area contributed by atoms with Gasteiger partial charge in [-0.05, 0) is 26.8 Å². The van der Waals surface area contributed by atoms with Crippen LogP contribution in [0.15, 0.2) is 18.3 Å². The Morgan fingerprint density at radius 3 is 2.72 bits per heavy atom. The summed E-state index contributed by atoms with van der Waals surface area (Å²) in [6, 6.07) is 3.92. The number of rotatable bonds is 0. The van der Waals surface area contributed by atoms with Crippen LogP contribution < -0.4 is 4.90 Å². The molecule has 0 radical (unpaired) electrons. The van der Waals surface area contributed by atoms with Gasteiger partial charge in [-0.15, -0.1) is 0 Å². The molecule has 0 unspecified atom stereocenters. The summed E-state index contributed by atoms with van der Waals surface area (Å²) < 4.78 is 5.42. The fourth-order valence-corrected chi connectivity index (χ4v) is 2.16. The van der Waals surface area contributed by atoms with Gasteiger partial charge < -0.3 is 4.74 Å². The third kappa shape index (κ3) is 2.33. The number of hydrogen-bond donors (Lipinski definition) is 0. The standard InChI is InChI=1S/C14H20N2O2/c1-13(2,3)18-12(17)16-9-14(4,5)10-7-6-8-15-11(10)16/h6-8H,9H2,1-5H3. The van der Waals surface area contributed by atoms with Crippen LogP contribution in [0.3, 0.4) is 0 Å². The maximum Gasteiger partial charge on any atom is 0.416 e. The van der Waals surface area contributed by atoms with E-state index in [2.05, 4.69) is 18.8 Å². The minimum absolute atomic E-state index is 0.0828. The molecule has 0 aliphatic carbocycles. The van der Waals surface area contributed by atoms with Crippen molar-refractivity contribution in [1.82, 2.24) is 4.98 Å². The van der Waals surface area contributed by atoms with Crippen LogP contribution in [0.1, 0.15) is 40.2 Å². The number of pyridine rings is 1. The van der Waals surface area contributed by atoms with Gasteiger partial charge in [0.25, 0.3) is 0 Å². The predicted molar refractivity (Wildman–Crippen MR) is 70.8 cm³/mol. The second-order valence-corrected chi connectivity index (χ2v) is 6.32. The first-order chi connectivity index (χ1) is 8.21. The Morgan fingerprint density at radius 1 is 1.44 bits per heavy atom. The number of amides is 1. The van der Waals surface area contributed by atoms with Gasteiger partial charge in [0.2, 0.25) is 0 Å². The molecule has 18 heavy (non-hydrogen) atoms. The molecule has 4 heteroatoms. The lowest BCUT2D eigenvalue weighted by Gasteiger charge is -2.25. The molecule has 1 aliphatic rings. The van der Waals surface area contributed by atoms with Gasteiger partial charge in [0.1, 0.15) is 11.4 Å². The first-order valence-corrected chi connectivity index (χ1v) is 6.17. The Labute approximate surface area is 108 Å². The van der Waals surface area contributed by atoms with Crippen molar-refractivity contribution >= 4 is 11.9 Å². The largest absolute Gasteiger partial charge is 0.443 e. The van der Waals surface area contributed by atoms with Crippen LogP contribution in [0.4, 0.5) is 10.6 Å². The third-order valence-electron chi connectivity index (χ3n) is 2.94. The molecule has 98 valence electrons. The number of carbonyl (C=O) groups is 1. The second-order valence-electron chi connectivity index (χ2n) is 6.32. The molecule has 2 heterocycles. The van der Waals surface area contributed by atoms with E-state index in [0.717, 1.165) is 11.4 Å². The number of anilines is 1. The molecule has 0 saturated heterocycles. The Kier molecular flexibility index (Phi) is 2.84. The molecule has 4 nitrogen and oxygen atoms in total. The SMILES string of the molecule is CC(C)(C)OC(=O)N1CC(C)(C)c2cccnc21. The maximum atomic E-state index is 12.2. The van der Waals surface area contributed by atoms with Crippen LogP contribution in [-0.4, -0.2) is 23.2 Å². The number of ether oxygens (including phenoxy) is 1. The van der Waals surface area contributed by atoms with E-state index in [9.17, 15) is 4.79 Å². The minimum atomic E-state index is -0.487. The van der Waals surface area contributed by atoms with Crippen LogP contribution in [0.2, 0.25) is 0 Å². The molecule has 1 aliphatic heterocycles. The van der Waals surface area contributed by atoms with E-state index in [0.29, 0.717) is 6.54 Å². The molecule has 0 bridgehead atoms. The molecular weight excluding hydrogens is 228 g/mol. The number of aromatic nitrogens is 1. The third-order valence-corrected chi connectivity index (χ3v) is 2.94. The Morgan fingerprint density at radius 2 is 2.11 bits per heavy atom. The van der Waals surface area contributed by atoms with Gasteiger partial charge >= 0.3 is 6.09 Å². The van der Waals surface area contributed by atoms with Crippen LogP contribution in [0.5, 0.6) is 0 Å². The van der Waals surface area contributed by atoms with Gasteiger partial charge in [0.15, 0.2) is 0 Å². The Bertz CT molecular complexity index is 475. The van der Waals surface area contributed by atoms with E-state index in [-0.39, 0.29) is 11.5 Å². The highest BCUT2D eigenvalue weighted by Gasteiger charge is 2.40. The predicted octanol–water partition coefficient (Wildman–Crippen LogP) is 3.11. The second kappa shape index (κ2) is 3.97. The van der Waals surface area contributed by atoms with Gasteiger partial charge in [-0.1, -0.05) is 19.9 Å². The highest BCUT2D eigenvalue weighted by Crippen LogP contribution is 2.39. The summed E-state index contributed by atoms with van der Waals surface area (Å²) in [5, 5.41) is 0. The summed E-state index contributed by atoms with van der Waals surface area (Å²) in [4.78, 5) is 18.1. The van der Waals surface area contributed by atoms with E-state index in [1.54, 1.807) is 11.1 Å². The van der Waals surface area contributed by atoms with E-state index in [4.69, 9.17) is 4.74 Å². The number of fused-ring (bicyclic) bond motifs is 1. The fraction of sp³-hybridized carbons (Fsp3) is 0.571. The van der Waals surface area contributed by atoms with Gasteiger partial charge in [-0.2, -0.15) is 0 Å². The van der Waals surface area contributed by atoms with E-state index >= 15 is 0 Å². The van der Waals surface area contributed by atoms with Gasteiger partial charge in [0, 0.05) is 23.7 Å². The molecule has 2 rings (SSSR count). The van der Waals surface area contributed by atoms with Gasteiger partial charge in [-0.3, -0.25) is 4.90 Å². The lowest BCUT2D eigenvalue weighted by molar-refractivity contribution is 0.0578. The average molecular weight is 248 g/mol. The van der Waals surface area contributed by atoms with Crippen molar-refractivity contribution in [2.45, 2.75) is 45.6 Å². The molecule has 1 amide bonds. The minimum Gasteiger partial charge on any atom is -0.443 e. The average Bonchev–Trinajstić information content (AvgIpc) is 2.50. The maximum absolute atomic E-state index is 12.2. The highest BCUT2D eigenvalue weighted by atomic mass is 16.6. The summed E-state index contributed by atoms with van der Waals surface area (Å²) in [5.74, 6) is 0.719. The van der Waals surface area contributed by atoms with Crippen molar-refractivity contribution in [2.75, 3.05) is 11.4 Å². The summed E-state index contributed by atoms with van der Waals surface area (Å²) in [6.07, 6.45) is 1.38. The van der Waals surface area contributed by atoms with E-state index in [1.807, 2.05) is 32.9 Å².